The van der Waals surface area contributed by atoms with Crippen molar-refractivity contribution in [2.24, 2.45) is 0 Å². The molecule has 4 rings (SSSR count). The van der Waals surface area contributed by atoms with Gasteiger partial charge < -0.3 is 9.13 Å². The summed E-state index contributed by atoms with van der Waals surface area (Å²) in [6, 6.07) is 35.3. The van der Waals surface area contributed by atoms with Gasteiger partial charge in [0.2, 0.25) is 14.6 Å². The second kappa shape index (κ2) is 14.4. The number of hydrogen-bond donors (Lipinski definition) is 0. The molecule has 0 aliphatic rings. The fourth-order valence-electron chi connectivity index (χ4n) is 5.75. The van der Waals surface area contributed by atoms with Gasteiger partial charge in [0.05, 0.1) is 0 Å². The fourth-order valence-corrected chi connectivity index (χ4v) is 19.6. The van der Waals surface area contributed by atoms with Gasteiger partial charge in [-0.1, -0.05) is 80.6 Å². The molecule has 0 N–H and O–H groups in total. The van der Waals surface area contributed by atoms with Crippen LogP contribution >= 0.6 is 29.2 Å². The summed E-state index contributed by atoms with van der Waals surface area (Å²) in [5, 5.41) is 2.33. The van der Waals surface area contributed by atoms with Crippen LogP contribution in [0.2, 0.25) is 0 Å². The van der Waals surface area contributed by atoms with Gasteiger partial charge in [0.25, 0.3) is 0 Å². The SMILES string of the molecule is CCCN(P(C)(C)=O)P(C)(=O)Cc1cccc(P(=O)(c2ccccc2)N(CCC)P(=O)(c2ccccc2)c2ccccc2)c1. The van der Waals surface area contributed by atoms with E-state index in [0.717, 1.165) is 12.0 Å². The molecule has 0 radical (unpaired) electrons. The first-order valence-electron chi connectivity index (χ1n) is 15.0. The Balaban J connectivity index is 1.96. The van der Waals surface area contributed by atoms with E-state index in [0.29, 0.717) is 40.7 Å². The number of nitrogens with zero attached hydrogens (tertiary/aromatic N) is 2. The summed E-state index contributed by atoms with van der Waals surface area (Å²) in [4.78, 5) is 0. The molecule has 0 saturated heterocycles. The predicted molar refractivity (Wildman–Crippen MR) is 190 cm³/mol. The summed E-state index contributed by atoms with van der Waals surface area (Å²) >= 11 is 0. The smallest absolute Gasteiger partial charge is 0.213 e. The Morgan fingerprint density at radius 3 is 1.30 bits per heavy atom. The van der Waals surface area contributed by atoms with Gasteiger partial charge in [-0.05, 0) is 66.9 Å². The largest absolute Gasteiger partial charge is 0.307 e. The van der Waals surface area contributed by atoms with Gasteiger partial charge in [0.1, 0.15) is 7.29 Å². The molecular formula is C34H44N2O4P4. The predicted octanol–water partition coefficient (Wildman–Crippen LogP) is 8.21. The molecule has 234 valence electrons. The van der Waals surface area contributed by atoms with Crippen LogP contribution in [0.4, 0.5) is 0 Å². The molecule has 4 aromatic carbocycles. The topological polar surface area (TPSA) is 74.8 Å². The Kier molecular flexibility index (Phi) is 11.3. The third-order valence-electron chi connectivity index (χ3n) is 7.60. The maximum absolute atomic E-state index is 16.0. The number of benzene rings is 4. The standard InChI is InChI=1S/C34H44N2O4P4/c1-6-26-35(41(3,4)37)42(5,38)29-30-18-17-25-34(28-30)44(40,33-23-15-10-16-24-33)36(27-7-2)43(39,31-19-11-8-12-20-31)32-21-13-9-14-22-32/h8-25,28H,6-7,26-27,29H2,1-5H3. The molecule has 0 saturated carbocycles. The van der Waals surface area contributed by atoms with Crippen LogP contribution in [0.5, 0.6) is 0 Å². The Labute approximate surface area is 263 Å². The molecule has 2 atom stereocenters. The van der Waals surface area contributed by atoms with Crippen LogP contribution in [0.1, 0.15) is 32.3 Å². The van der Waals surface area contributed by atoms with E-state index in [9.17, 15) is 9.13 Å². The molecule has 2 unspecified atom stereocenters. The maximum Gasteiger partial charge on any atom is 0.213 e. The summed E-state index contributed by atoms with van der Waals surface area (Å²) in [6.45, 7) is 9.79. The number of hydrogen-bond acceptors (Lipinski definition) is 4. The van der Waals surface area contributed by atoms with E-state index in [-0.39, 0.29) is 6.16 Å². The van der Waals surface area contributed by atoms with Gasteiger partial charge >= 0.3 is 0 Å². The van der Waals surface area contributed by atoms with Gasteiger partial charge in [-0.3, -0.25) is 9.13 Å². The van der Waals surface area contributed by atoms with Crippen molar-refractivity contribution < 1.29 is 18.3 Å². The Hall–Kier alpha value is -2.28. The van der Waals surface area contributed by atoms with Crippen molar-refractivity contribution >= 4 is 50.4 Å². The van der Waals surface area contributed by atoms with Crippen LogP contribution in [0.15, 0.2) is 115 Å². The molecular weight excluding hydrogens is 624 g/mol. The summed E-state index contributed by atoms with van der Waals surface area (Å²) in [7, 11) is -13.2. The first kappa shape index (κ1) is 34.6. The maximum atomic E-state index is 16.0. The second-order valence-corrected chi connectivity index (χ2v) is 23.5. The Morgan fingerprint density at radius 2 is 0.886 bits per heavy atom. The molecule has 4 aromatic rings. The lowest BCUT2D eigenvalue weighted by atomic mass is 10.2. The normalized spacial score (nSPS) is 15.2. The molecule has 0 heterocycles. The molecule has 0 spiro atoms. The molecule has 0 bridgehead atoms. The number of rotatable bonds is 14. The molecule has 6 nitrogen and oxygen atoms in total. The molecule has 0 fully saturated rings. The minimum atomic E-state index is -3.75. The van der Waals surface area contributed by atoms with Crippen molar-refractivity contribution in [1.82, 2.24) is 8.88 Å². The van der Waals surface area contributed by atoms with Gasteiger partial charge in [-0.25, -0.2) is 4.44 Å². The van der Waals surface area contributed by atoms with Crippen LogP contribution in [0.25, 0.3) is 0 Å². The highest BCUT2D eigenvalue weighted by molar-refractivity contribution is 7.90. The minimum absolute atomic E-state index is 0.185. The van der Waals surface area contributed by atoms with Gasteiger partial charge in [0.15, 0.2) is 7.29 Å². The zero-order chi connectivity index (χ0) is 32.0. The quantitative estimate of drug-likeness (QED) is 0.126. The molecule has 44 heavy (non-hydrogen) atoms. The fraction of sp³-hybridized carbons (Fsp3) is 0.294. The van der Waals surface area contributed by atoms with E-state index in [1.807, 2.05) is 129 Å². The van der Waals surface area contributed by atoms with Gasteiger partial charge in [0, 0.05) is 60.5 Å². The summed E-state index contributed by atoms with van der Waals surface area (Å²) in [5.41, 5.74) is 0.741. The highest BCUT2D eigenvalue weighted by atomic mass is 31.2. The van der Waals surface area contributed by atoms with Crippen molar-refractivity contribution in [2.75, 3.05) is 33.1 Å². The molecule has 0 aliphatic carbocycles. The van der Waals surface area contributed by atoms with Crippen molar-refractivity contribution in [3.63, 3.8) is 0 Å². The minimum Gasteiger partial charge on any atom is -0.307 e. The van der Waals surface area contributed by atoms with Crippen LogP contribution in [0, 0.1) is 0 Å². The highest BCUT2D eigenvalue weighted by Gasteiger charge is 2.47. The van der Waals surface area contributed by atoms with E-state index in [2.05, 4.69) is 0 Å². The van der Waals surface area contributed by atoms with Gasteiger partial charge in [-0.2, -0.15) is 4.44 Å². The molecule has 0 aliphatic heterocycles. The van der Waals surface area contributed by atoms with E-state index in [1.54, 1.807) is 28.9 Å². The lowest BCUT2D eigenvalue weighted by Crippen LogP contribution is -2.37. The highest BCUT2D eigenvalue weighted by Crippen LogP contribution is 2.65. The third kappa shape index (κ3) is 7.24. The lowest BCUT2D eigenvalue weighted by molar-refractivity contribution is 0.499. The van der Waals surface area contributed by atoms with E-state index >= 15 is 9.13 Å². The van der Waals surface area contributed by atoms with Crippen LogP contribution < -0.4 is 21.2 Å². The van der Waals surface area contributed by atoms with Gasteiger partial charge in [-0.15, -0.1) is 0 Å². The van der Waals surface area contributed by atoms with Crippen molar-refractivity contribution in [1.29, 1.82) is 0 Å². The summed E-state index contributed by atoms with van der Waals surface area (Å²) < 4.78 is 62.6. The third-order valence-corrected chi connectivity index (χ3v) is 20.6. The van der Waals surface area contributed by atoms with Crippen molar-refractivity contribution in [3.05, 3.63) is 121 Å². The molecule has 0 amide bonds. The summed E-state index contributed by atoms with van der Waals surface area (Å²) in [5.74, 6) is 0. The monoisotopic (exact) mass is 668 g/mol. The molecule has 10 heteroatoms. The second-order valence-electron chi connectivity index (χ2n) is 11.5. The Bertz CT molecular complexity index is 1680. The molecule has 0 aromatic heterocycles. The van der Waals surface area contributed by atoms with Crippen LogP contribution in [0.3, 0.4) is 0 Å². The average molecular weight is 669 g/mol. The van der Waals surface area contributed by atoms with E-state index in [4.69, 9.17) is 0 Å². The average Bonchev–Trinajstić information content (AvgIpc) is 3.02. The first-order chi connectivity index (χ1) is 20.9. The summed E-state index contributed by atoms with van der Waals surface area (Å²) in [6.07, 6.45) is 1.54. The lowest BCUT2D eigenvalue weighted by Gasteiger charge is -2.39. The van der Waals surface area contributed by atoms with Crippen LogP contribution in [-0.4, -0.2) is 42.0 Å². The van der Waals surface area contributed by atoms with E-state index in [1.165, 1.54) is 0 Å². The Morgan fingerprint density at radius 1 is 0.500 bits per heavy atom. The van der Waals surface area contributed by atoms with E-state index < -0.39 is 29.2 Å². The zero-order valence-electron chi connectivity index (χ0n) is 26.3. The zero-order valence-corrected chi connectivity index (χ0v) is 29.9. The van der Waals surface area contributed by atoms with Crippen LogP contribution in [-0.2, 0) is 24.4 Å². The van der Waals surface area contributed by atoms with Crippen molar-refractivity contribution in [2.45, 2.75) is 32.9 Å². The van der Waals surface area contributed by atoms with Crippen molar-refractivity contribution in [3.8, 4) is 0 Å². The first-order valence-corrected chi connectivity index (χ1v) is 23.2.